The topological polar surface area (TPSA) is 85.1 Å². The lowest BCUT2D eigenvalue weighted by molar-refractivity contribution is 0.600. The number of thiazole rings is 1. The Morgan fingerprint density at radius 3 is 2.40 bits per heavy atom. The Morgan fingerprint density at radius 2 is 1.85 bits per heavy atom. The van der Waals surface area contributed by atoms with Crippen LogP contribution in [0.2, 0.25) is 0 Å². The average Bonchev–Trinajstić information content (AvgIpc) is 2.61. The fourth-order valence-electron chi connectivity index (χ4n) is 1.82. The van der Waals surface area contributed by atoms with E-state index in [1.165, 1.54) is 11.3 Å². The molecule has 7 heteroatoms. The molecule has 2 rings (SSSR count). The summed E-state index contributed by atoms with van der Waals surface area (Å²) < 4.78 is 27.4. The number of aromatic nitrogens is 1. The fourth-order valence-corrected chi connectivity index (χ4v) is 4.23. The Morgan fingerprint density at radius 1 is 1.20 bits per heavy atom. The van der Waals surface area contributed by atoms with E-state index in [0.29, 0.717) is 16.4 Å². The maximum Gasteiger partial charge on any atom is 0.264 e. The predicted molar refractivity (Wildman–Crippen MR) is 82.7 cm³/mol. The molecule has 0 saturated carbocycles. The first-order valence-electron chi connectivity index (χ1n) is 6.04. The lowest BCUT2D eigenvalue weighted by Crippen LogP contribution is -2.15. The maximum atomic E-state index is 12.4. The van der Waals surface area contributed by atoms with Crippen LogP contribution in [0.25, 0.3) is 0 Å². The summed E-state index contributed by atoms with van der Waals surface area (Å²) in [5, 5.41) is 0.375. The summed E-state index contributed by atoms with van der Waals surface area (Å²) in [6.45, 7) is 7.26. The number of nitrogens with one attached hydrogen (secondary N) is 1. The standard InChI is InChI=1S/C13H17N3O2S2/c1-7-5-11(14)8(2)12(6-7)20(17,18)16-13-15-9(3)10(4)19-13/h5-6H,14H2,1-4H3,(H,15,16). The number of anilines is 2. The smallest absolute Gasteiger partial charge is 0.264 e. The SMILES string of the molecule is Cc1cc(N)c(C)c(S(=O)(=O)Nc2nc(C)c(C)s2)c1. The molecule has 0 unspecified atom stereocenters. The lowest BCUT2D eigenvalue weighted by atomic mass is 10.1. The van der Waals surface area contributed by atoms with Gasteiger partial charge in [-0.1, -0.05) is 0 Å². The van der Waals surface area contributed by atoms with Gasteiger partial charge in [-0.05, 0) is 51.0 Å². The number of benzene rings is 1. The molecule has 20 heavy (non-hydrogen) atoms. The van der Waals surface area contributed by atoms with Gasteiger partial charge in [-0.25, -0.2) is 13.4 Å². The van der Waals surface area contributed by atoms with Crippen LogP contribution in [0.3, 0.4) is 0 Å². The highest BCUT2D eigenvalue weighted by Gasteiger charge is 2.20. The van der Waals surface area contributed by atoms with Crippen LogP contribution in [-0.2, 0) is 10.0 Å². The molecule has 0 amide bonds. The number of nitrogens with zero attached hydrogens (tertiary/aromatic N) is 1. The molecule has 0 spiro atoms. The van der Waals surface area contributed by atoms with Gasteiger partial charge in [0.2, 0.25) is 0 Å². The minimum absolute atomic E-state index is 0.195. The molecule has 1 aromatic heterocycles. The van der Waals surface area contributed by atoms with Crippen LogP contribution in [0.15, 0.2) is 17.0 Å². The number of rotatable bonds is 3. The van der Waals surface area contributed by atoms with Crippen molar-refractivity contribution in [1.82, 2.24) is 4.98 Å². The fraction of sp³-hybridized carbons (Fsp3) is 0.308. The molecule has 1 aromatic carbocycles. The third-order valence-electron chi connectivity index (χ3n) is 3.08. The molecular formula is C13H17N3O2S2. The zero-order valence-corrected chi connectivity index (χ0v) is 13.4. The highest BCUT2D eigenvalue weighted by atomic mass is 32.2. The Kier molecular flexibility index (Phi) is 3.75. The van der Waals surface area contributed by atoms with Gasteiger partial charge in [0.1, 0.15) is 0 Å². The van der Waals surface area contributed by atoms with Gasteiger partial charge in [0.25, 0.3) is 10.0 Å². The maximum absolute atomic E-state index is 12.4. The number of nitrogens with two attached hydrogens (primary N) is 1. The van der Waals surface area contributed by atoms with Gasteiger partial charge >= 0.3 is 0 Å². The Labute approximate surface area is 122 Å². The molecule has 5 nitrogen and oxygen atoms in total. The van der Waals surface area contributed by atoms with Crippen molar-refractivity contribution in [2.75, 3.05) is 10.5 Å². The van der Waals surface area contributed by atoms with Crippen molar-refractivity contribution in [1.29, 1.82) is 0 Å². The second-order valence-corrected chi connectivity index (χ2v) is 7.60. The molecule has 0 radical (unpaired) electrons. The van der Waals surface area contributed by atoms with Gasteiger partial charge in [-0.2, -0.15) is 0 Å². The van der Waals surface area contributed by atoms with Crippen LogP contribution in [-0.4, -0.2) is 13.4 Å². The Hall–Kier alpha value is -1.60. The van der Waals surface area contributed by atoms with E-state index >= 15 is 0 Å². The summed E-state index contributed by atoms with van der Waals surface area (Å²) in [4.78, 5) is 5.38. The normalized spacial score (nSPS) is 11.6. The van der Waals surface area contributed by atoms with Gasteiger partial charge < -0.3 is 5.73 Å². The third-order valence-corrected chi connectivity index (χ3v) is 5.67. The number of aryl methyl sites for hydroxylation is 3. The molecule has 3 N–H and O–H groups in total. The van der Waals surface area contributed by atoms with E-state index < -0.39 is 10.0 Å². The highest BCUT2D eigenvalue weighted by Crippen LogP contribution is 2.27. The van der Waals surface area contributed by atoms with E-state index in [0.717, 1.165) is 16.1 Å². The van der Waals surface area contributed by atoms with Gasteiger partial charge in [0.15, 0.2) is 5.13 Å². The molecule has 2 aromatic rings. The molecule has 0 fully saturated rings. The van der Waals surface area contributed by atoms with Crippen molar-refractivity contribution in [2.24, 2.45) is 0 Å². The van der Waals surface area contributed by atoms with Crippen LogP contribution in [0.1, 0.15) is 21.7 Å². The van der Waals surface area contributed by atoms with Crippen LogP contribution in [0.5, 0.6) is 0 Å². The zero-order valence-electron chi connectivity index (χ0n) is 11.8. The predicted octanol–water partition coefficient (Wildman–Crippen LogP) is 2.76. The van der Waals surface area contributed by atoms with E-state index in [4.69, 9.17) is 5.73 Å². The molecule has 0 aliphatic rings. The van der Waals surface area contributed by atoms with Gasteiger partial charge in [-0.3, -0.25) is 4.72 Å². The quantitative estimate of drug-likeness (QED) is 0.854. The molecule has 0 atom stereocenters. The summed E-state index contributed by atoms with van der Waals surface area (Å²) in [5.74, 6) is 0. The lowest BCUT2D eigenvalue weighted by Gasteiger charge is -2.11. The van der Waals surface area contributed by atoms with Crippen LogP contribution >= 0.6 is 11.3 Å². The number of sulfonamides is 1. The van der Waals surface area contributed by atoms with Crippen LogP contribution in [0, 0.1) is 27.7 Å². The molecule has 0 bridgehead atoms. The summed E-state index contributed by atoms with van der Waals surface area (Å²) in [5.41, 5.74) is 8.49. The average molecular weight is 311 g/mol. The summed E-state index contributed by atoms with van der Waals surface area (Å²) in [6, 6.07) is 3.37. The Bertz CT molecular complexity index is 745. The van der Waals surface area contributed by atoms with E-state index in [9.17, 15) is 8.42 Å². The van der Waals surface area contributed by atoms with Gasteiger partial charge in [0, 0.05) is 10.6 Å². The van der Waals surface area contributed by atoms with E-state index in [-0.39, 0.29) is 4.90 Å². The van der Waals surface area contributed by atoms with Crippen molar-refractivity contribution in [3.63, 3.8) is 0 Å². The van der Waals surface area contributed by atoms with Crippen molar-refractivity contribution in [3.8, 4) is 0 Å². The van der Waals surface area contributed by atoms with Crippen molar-refractivity contribution in [3.05, 3.63) is 33.8 Å². The van der Waals surface area contributed by atoms with Crippen molar-refractivity contribution in [2.45, 2.75) is 32.6 Å². The van der Waals surface area contributed by atoms with Crippen molar-refractivity contribution >= 4 is 32.2 Å². The first-order chi connectivity index (χ1) is 9.20. The van der Waals surface area contributed by atoms with E-state index in [1.54, 1.807) is 19.1 Å². The number of nitrogen functional groups attached to an aromatic ring is 1. The summed E-state index contributed by atoms with van der Waals surface area (Å²) >= 11 is 1.32. The molecule has 0 aliphatic heterocycles. The number of hydrogen-bond acceptors (Lipinski definition) is 5. The van der Waals surface area contributed by atoms with E-state index in [2.05, 4.69) is 9.71 Å². The molecule has 0 saturated heterocycles. The first-order valence-corrected chi connectivity index (χ1v) is 8.34. The molecular weight excluding hydrogens is 294 g/mol. The molecule has 108 valence electrons. The van der Waals surface area contributed by atoms with Gasteiger partial charge in [0.05, 0.1) is 10.6 Å². The number of hydrogen-bond donors (Lipinski definition) is 2. The second kappa shape index (κ2) is 5.06. The van der Waals surface area contributed by atoms with Gasteiger partial charge in [-0.15, -0.1) is 11.3 Å². The summed E-state index contributed by atoms with van der Waals surface area (Å²) in [7, 11) is -3.67. The Balaban J connectivity index is 2.45. The largest absolute Gasteiger partial charge is 0.398 e. The minimum atomic E-state index is -3.67. The highest BCUT2D eigenvalue weighted by molar-refractivity contribution is 7.93. The zero-order chi connectivity index (χ0) is 15.1. The minimum Gasteiger partial charge on any atom is -0.398 e. The second-order valence-electron chi connectivity index (χ2n) is 4.74. The molecule has 1 heterocycles. The monoisotopic (exact) mass is 311 g/mol. The van der Waals surface area contributed by atoms with Crippen molar-refractivity contribution < 1.29 is 8.42 Å². The van der Waals surface area contributed by atoms with E-state index in [1.807, 2.05) is 20.8 Å². The van der Waals surface area contributed by atoms with Crippen LogP contribution in [0.4, 0.5) is 10.8 Å². The molecule has 0 aliphatic carbocycles. The first kappa shape index (κ1) is 14.8. The summed E-state index contributed by atoms with van der Waals surface area (Å²) in [6.07, 6.45) is 0. The van der Waals surface area contributed by atoms with Crippen LogP contribution < -0.4 is 10.5 Å². The third kappa shape index (κ3) is 2.78.